The highest BCUT2D eigenvalue weighted by Gasteiger charge is 2.33. The lowest BCUT2D eigenvalue weighted by molar-refractivity contribution is -0.140. The Labute approximate surface area is 490 Å². The van der Waals surface area contributed by atoms with Crippen LogP contribution in [0.5, 0.6) is 0 Å². The third-order valence-electron chi connectivity index (χ3n) is 15.1. The van der Waals surface area contributed by atoms with Gasteiger partial charge in [0.15, 0.2) is 17.3 Å². The number of hydrogen-bond donors (Lipinski definition) is 3. The number of Topliss-reactive ketones (excluding diaryl/α,β-unsaturated/α-hetero) is 3. The second-order valence-electron chi connectivity index (χ2n) is 23.3. The van der Waals surface area contributed by atoms with Crippen LogP contribution in [0.3, 0.4) is 0 Å². The molecule has 442 valence electrons. The molecule has 12 rings (SSSR count). The SMILES string of the molecule is C.CCn1cc(Nc2nccc(-c3ccc4c(c3)CN(C3COC3)CCC4CC(=O)c3cn(C(C)(C)C)nn3)n2)cn1.CCn1cc(Nc2nccc(-c3ccc4c(c3)CNCCC4CC(=O)c3cn(C(C)(C)C)nn3)n2)cn1.O=C1COC1. The standard InChI is InChI=1S/C30H37N9O2.C27H33N9O.C3H4O2.CH4/c1-5-38-16-23(14-32-38)33-29-31-10-8-26(34-29)21-6-7-25-20(9-11-37(15-22(25)12-21)24-18-41-19-24)13-28(40)27-17-39(36-35-27)30(2,3)4;1-5-35-16-21(15-30-35)31-26-29-11-9-23(32-26)19-6-7-22-18(8-10-28-14-20(22)12-19)13-25(37)24-17-36(34-33-24)27(2,3)4;4-3-1-5-2-3;/h6-8,10,12,14,16-17,20,24H,5,9,11,13,15,18-19H2,1-4H3,(H,31,33,34);6-7,9,11-12,15-18,28H,5,8,10,13-14H2,1-4H3,(H,29,31,32);1-2H2;1H4. The molecule has 4 aliphatic heterocycles. The zero-order valence-electron chi connectivity index (χ0n) is 48.6. The Morgan fingerprint density at radius 3 is 1.61 bits per heavy atom. The second-order valence-corrected chi connectivity index (χ2v) is 23.3. The van der Waals surface area contributed by atoms with E-state index in [0.717, 1.165) is 99.2 Å². The van der Waals surface area contributed by atoms with E-state index in [9.17, 15) is 14.4 Å². The number of fused-ring (bicyclic) bond motifs is 2. The van der Waals surface area contributed by atoms with E-state index in [-0.39, 0.29) is 47.7 Å². The minimum Gasteiger partial charge on any atom is -0.378 e. The summed E-state index contributed by atoms with van der Waals surface area (Å²) in [5.41, 5.74) is 10.6. The predicted molar refractivity (Wildman–Crippen MR) is 319 cm³/mol. The Bertz CT molecular complexity index is 3540. The van der Waals surface area contributed by atoms with Crippen LogP contribution in [-0.4, -0.2) is 137 Å². The number of anilines is 4. The van der Waals surface area contributed by atoms with E-state index in [2.05, 4.69) is 103 Å². The van der Waals surface area contributed by atoms with Crippen molar-refractivity contribution in [1.29, 1.82) is 0 Å². The van der Waals surface area contributed by atoms with E-state index in [1.807, 2.05) is 89.3 Å². The molecule has 2 aromatic carbocycles. The molecule has 0 bridgehead atoms. The first-order valence-corrected chi connectivity index (χ1v) is 28.5. The molecular weight excluding hydrogens is 1060 g/mol. The Hall–Kier alpha value is -8.25. The van der Waals surface area contributed by atoms with Crippen molar-refractivity contribution in [2.45, 2.75) is 144 Å². The Balaban J connectivity index is 0.000000184. The van der Waals surface area contributed by atoms with Gasteiger partial charge in [-0.2, -0.15) is 10.2 Å². The highest BCUT2D eigenvalue weighted by Crippen LogP contribution is 2.37. The largest absolute Gasteiger partial charge is 0.378 e. The van der Waals surface area contributed by atoms with Crippen molar-refractivity contribution in [2.24, 2.45) is 0 Å². The number of ketones is 3. The summed E-state index contributed by atoms with van der Waals surface area (Å²) in [6.07, 6.45) is 17.0. The molecule has 2 fully saturated rings. The number of benzene rings is 2. The van der Waals surface area contributed by atoms with Crippen LogP contribution in [0, 0.1) is 0 Å². The van der Waals surface area contributed by atoms with Gasteiger partial charge < -0.3 is 25.4 Å². The zero-order chi connectivity index (χ0) is 58.3. The summed E-state index contributed by atoms with van der Waals surface area (Å²) in [5.74, 6) is 1.51. The highest BCUT2D eigenvalue weighted by molar-refractivity contribution is 5.95. The van der Waals surface area contributed by atoms with Gasteiger partial charge in [0.05, 0.1) is 77.9 Å². The molecule has 3 N–H and O–H groups in total. The molecule has 0 radical (unpaired) electrons. The van der Waals surface area contributed by atoms with Crippen LogP contribution in [0.15, 0.2) is 98.1 Å². The number of ether oxygens (including phenoxy) is 2. The van der Waals surface area contributed by atoms with Crippen LogP contribution in [0.25, 0.3) is 22.5 Å². The van der Waals surface area contributed by atoms with Gasteiger partial charge in [-0.1, -0.05) is 42.1 Å². The Kier molecular flexibility index (Phi) is 19.1. The van der Waals surface area contributed by atoms with Gasteiger partial charge in [-0.25, -0.2) is 29.3 Å². The first-order valence-electron chi connectivity index (χ1n) is 28.5. The minimum absolute atomic E-state index is 0. The summed E-state index contributed by atoms with van der Waals surface area (Å²) in [6, 6.07) is 17.1. The van der Waals surface area contributed by atoms with Gasteiger partial charge >= 0.3 is 0 Å². The molecular formula is C61H78N18O5. The maximum absolute atomic E-state index is 13.4. The van der Waals surface area contributed by atoms with Gasteiger partial charge in [0, 0.05) is 74.9 Å². The van der Waals surface area contributed by atoms with Crippen LogP contribution >= 0.6 is 0 Å². The highest BCUT2D eigenvalue weighted by atomic mass is 16.5. The van der Waals surface area contributed by atoms with Crippen molar-refractivity contribution in [3.8, 4) is 22.5 Å². The normalized spacial score (nSPS) is 17.0. The monoisotopic (exact) mass is 1140 g/mol. The molecule has 2 atom stereocenters. The maximum Gasteiger partial charge on any atom is 0.227 e. The molecule has 0 spiro atoms. The molecule has 23 heteroatoms. The molecule has 0 amide bonds. The lowest BCUT2D eigenvalue weighted by atomic mass is 9.87. The molecule has 6 aromatic heterocycles. The molecule has 4 aliphatic rings. The van der Waals surface area contributed by atoms with E-state index in [1.165, 1.54) is 22.3 Å². The molecule has 2 unspecified atom stereocenters. The van der Waals surface area contributed by atoms with E-state index >= 15 is 0 Å². The second kappa shape index (κ2) is 26.5. The molecule has 8 aromatic rings. The van der Waals surface area contributed by atoms with Crippen molar-refractivity contribution in [1.82, 2.24) is 79.7 Å². The summed E-state index contributed by atoms with van der Waals surface area (Å²) in [6.45, 7) is 23.5. The summed E-state index contributed by atoms with van der Waals surface area (Å²) < 4.78 is 17.2. The number of carbonyl (C=O) groups excluding carboxylic acids is 3. The van der Waals surface area contributed by atoms with Gasteiger partial charge in [-0.15, -0.1) is 10.2 Å². The lowest BCUT2D eigenvalue weighted by Crippen LogP contribution is -2.48. The molecule has 10 heterocycles. The summed E-state index contributed by atoms with van der Waals surface area (Å²) in [7, 11) is 0. The van der Waals surface area contributed by atoms with Crippen molar-refractivity contribution < 1.29 is 23.9 Å². The molecule has 0 saturated carbocycles. The number of aryl methyl sites for hydroxylation is 2. The van der Waals surface area contributed by atoms with Crippen LogP contribution in [0.1, 0.15) is 144 Å². The van der Waals surface area contributed by atoms with Gasteiger partial charge in [0.25, 0.3) is 0 Å². The van der Waals surface area contributed by atoms with Crippen LogP contribution < -0.4 is 16.0 Å². The third kappa shape index (κ3) is 14.9. The number of rotatable bonds is 15. The van der Waals surface area contributed by atoms with E-state index < -0.39 is 0 Å². The molecule has 84 heavy (non-hydrogen) atoms. The predicted octanol–water partition coefficient (Wildman–Crippen LogP) is 8.93. The minimum atomic E-state index is -0.226. The first-order chi connectivity index (χ1) is 40.0. The Morgan fingerprint density at radius 1 is 0.667 bits per heavy atom. The Morgan fingerprint density at radius 2 is 1.17 bits per heavy atom. The number of nitrogens with one attached hydrogen (secondary N) is 3. The zero-order valence-corrected chi connectivity index (χ0v) is 48.6. The van der Waals surface area contributed by atoms with E-state index in [0.29, 0.717) is 55.4 Å². The summed E-state index contributed by atoms with van der Waals surface area (Å²) >= 11 is 0. The van der Waals surface area contributed by atoms with E-state index in [4.69, 9.17) is 14.7 Å². The van der Waals surface area contributed by atoms with Gasteiger partial charge in [0.2, 0.25) is 11.9 Å². The van der Waals surface area contributed by atoms with Crippen molar-refractivity contribution in [3.63, 3.8) is 0 Å². The molecule has 0 aliphatic carbocycles. The topological polar surface area (TPSA) is 258 Å². The van der Waals surface area contributed by atoms with Crippen LogP contribution in [0.4, 0.5) is 23.3 Å². The molecule has 23 nitrogen and oxygen atoms in total. The van der Waals surface area contributed by atoms with Crippen molar-refractivity contribution in [3.05, 3.63) is 132 Å². The number of nitrogens with zero attached hydrogens (tertiary/aromatic N) is 15. The third-order valence-corrected chi connectivity index (χ3v) is 15.1. The van der Waals surface area contributed by atoms with E-state index in [1.54, 1.807) is 46.5 Å². The van der Waals surface area contributed by atoms with Crippen LogP contribution in [0.2, 0.25) is 0 Å². The maximum atomic E-state index is 13.4. The van der Waals surface area contributed by atoms with Gasteiger partial charge in [-0.05, 0) is 140 Å². The quantitative estimate of drug-likeness (QED) is 0.0809. The van der Waals surface area contributed by atoms with Gasteiger partial charge in [0.1, 0.15) is 24.6 Å². The fraction of sp³-hybridized carbons (Fsp3) is 0.459. The molecule has 2 saturated heterocycles. The number of carbonyl (C=O) groups is 3. The first kappa shape index (κ1) is 60.3. The van der Waals surface area contributed by atoms with Crippen molar-refractivity contribution >= 4 is 40.6 Å². The average molecular weight is 1140 g/mol. The fourth-order valence-electron chi connectivity index (χ4n) is 10.1. The number of hydrogen-bond acceptors (Lipinski definition) is 19. The smallest absolute Gasteiger partial charge is 0.227 e. The lowest BCUT2D eigenvalue weighted by Gasteiger charge is -2.36. The average Bonchev–Trinajstić information content (AvgIpc) is 2.90. The van der Waals surface area contributed by atoms with Crippen LogP contribution in [-0.2, 0) is 51.5 Å². The van der Waals surface area contributed by atoms with Crippen molar-refractivity contribution in [2.75, 3.05) is 50.2 Å². The summed E-state index contributed by atoms with van der Waals surface area (Å²) in [4.78, 5) is 57.0. The fourth-order valence-corrected chi connectivity index (χ4v) is 10.1. The number of aromatic nitrogens is 14. The van der Waals surface area contributed by atoms with Gasteiger partial charge in [-0.3, -0.25) is 28.6 Å². The summed E-state index contributed by atoms with van der Waals surface area (Å²) in [5, 5.41) is 35.3.